The summed E-state index contributed by atoms with van der Waals surface area (Å²) >= 11 is 1.24. The van der Waals surface area contributed by atoms with Crippen molar-refractivity contribution in [1.29, 1.82) is 0 Å². The van der Waals surface area contributed by atoms with E-state index in [1.807, 2.05) is 6.92 Å². The minimum Gasteiger partial charge on any atom is -0.312 e. The summed E-state index contributed by atoms with van der Waals surface area (Å²) in [5, 5.41) is 11.2. The Hall–Kier alpha value is -3.15. The van der Waals surface area contributed by atoms with E-state index < -0.39 is 20.9 Å². The molecule has 4 rings (SSSR count). The molecule has 1 aliphatic heterocycles. The third kappa shape index (κ3) is 4.59. The Balaban J connectivity index is 1.67. The van der Waals surface area contributed by atoms with Crippen LogP contribution in [-0.2, 0) is 16.6 Å². The Labute approximate surface area is 200 Å². The number of nitro groups is 1. The quantitative estimate of drug-likeness (QED) is 0.287. The molecule has 0 saturated carbocycles. The molecule has 0 N–H and O–H groups in total. The summed E-state index contributed by atoms with van der Waals surface area (Å²) in [5.41, 5.74) is 0.780. The fourth-order valence-corrected chi connectivity index (χ4v) is 6.76. The molecule has 2 aromatic carbocycles. The van der Waals surface area contributed by atoms with E-state index in [0.717, 1.165) is 24.0 Å². The number of piperidine rings is 1. The van der Waals surface area contributed by atoms with E-state index in [0.29, 0.717) is 23.4 Å². The summed E-state index contributed by atoms with van der Waals surface area (Å²) in [5.74, 6) is -0.533. The van der Waals surface area contributed by atoms with Crippen molar-refractivity contribution in [3.63, 3.8) is 0 Å². The Morgan fingerprint density at radius 3 is 2.65 bits per heavy atom. The maximum absolute atomic E-state index is 13.0. The molecule has 1 unspecified atom stereocenters. The standard InChI is InChI=1S/C23H24N4O5S2/c1-3-13-25-20-15-18(27(29)30)9-12-21(20)33-23(25)24-22(28)17-7-10-19(11-8-17)34(31,32)26-14-5-4-6-16(26)2/h3,7-12,15-16H,1,4-6,13-14H2,2H3. The van der Waals surface area contributed by atoms with Gasteiger partial charge in [-0.1, -0.05) is 23.8 Å². The highest BCUT2D eigenvalue weighted by Crippen LogP contribution is 2.26. The summed E-state index contributed by atoms with van der Waals surface area (Å²) in [6, 6.07) is 10.2. The molecule has 3 aromatic rings. The number of nitro benzene ring substituents is 1. The smallest absolute Gasteiger partial charge is 0.279 e. The largest absolute Gasteiger partial charge is 0.312 e. The van der Waals surface area contributed by atoms with E-state index in [1.165, 1.54) is 52.0 Å². The van der Waals surface area contributed by atoms with Gasteiger partial charge in [-0.15, -0.1) is 6.58 Å². The van der Waals surface area contributed by atoms with E-state index in [2.05, 4.69) is 11.6 Å². The van der Waals surface area contributed by atoms with Gasteiger partial charge in [0.1, 0.15) is 0 Å². The summed E-state index contributed by atoms with van der Waals surface area (Å²) in [7, 11) is -3.63. The van der Waals surface area contributed by atoms with Crippen LogP contribution in [0.15, 0.2) is 65.0 Å². The molecule has 0 radical (unpaired) electrons. The van der Waals surface area contributed by atoms with E-state index in [9.17, 15) is 23.3 Å². The van der Waals surface area contributed by atoms with Gasteiger partial charge in [-0.25, -0.2) is 8.42 Å². The molecule has 1 aromatic heterocycles. The van der Waals surface area contributed by atoms with Crippen molar-refractivity contribution in [2.45, 2.75) is 43.7 Å². The van der Waals surface area contributed by atoms with Crippen LogP contribution in [-0.4, -0.2) is 40.7 Å². The number of fused-ring (bicyclic) bond motifs is 1. The average molecular weight is 501 g/mol. The number of hydrogen-bond acceptors (Lipinski definition) is 6. The lowest BCUT2D eigenvalue weighted by molar-refractivity contribution is -0.384. The number of amides is 1. The summed E-state index contributed by atoms with van der Waals surface area (Å²) < 4.78 is 30.0. The molecule has 1 fully saturated rings. The van der Waals surface area contributed by atoms with Gasteiger partial charge in [0.05, 0.1) is 20.0 Å². The van der Waals surface area contributed by atoms with Crippen molar-refractivity contribution >= 4 is 43.2 Å². The van der Waals surface area contributed by atoms with Crippen LogP contribution in [0.25, 0.3) is 10.2 Å². The van der Waals surface area contributed by atoms with Crippen LogP contribution in [0.4, 0.5) is 5.69 Å². The fourth-order valence-electron chi connectivity index (χ4n) is 4.05. The highest BCUT2D eigenvalue weighted by atomic mass is 32.2. The lowest BCUT2D eigenvalue weighted by atomic mass is 10.1. The van der Waals surface area contributed by atoms with Crippen LogP contribution in [0, 0.1) is 10.1 Å². The number of carbonyl (C=O) groups excluding carboxylic acids is 1. The second-order valence-corrected chi connectivity index (χ2v) is 11.0. The van der Waals surface area contributed by atoms with Crippen LogP contribution < -0.4 is 4.80 Å². The SMILES string of the molecule is C=CCn1c(=NC(=O)c2ccc(S(=O)(=O)N3CCCCC3C)cc2)sc2ccc([N+](=O)[O-])cc21. The van der Waals surface area contributed by atoms with Crippen LogP contribution >= 0.6 is 11.3 Å². The van der Waals surface area contributed by atoms with Gasteiger partial charge in [-0.3, -0.25) is 14.9 Å². The first kappa shape index (κ1) is 24.0. The number of rotatable bonds is 6. The van der Waals surface area contributed by atoms with Gasteiger partial charge in [-0.05, 0) is 50.1 Å². The molecule has 11 heteroatoms. The second kappa shape index (κ2) is 9.61. The topological polar surface area (TPSA) is 115 Å². The molecule has 0 bridgehead atoms. The minimum atomic E-state index is -3.63. The van der Waals surface area contributed by atoms with Gasteiger partial charge in [0, 0.05) is 36.8 Å². The van der Waals surface area contributed by atoms with Crippen molar-refractivity contribution in [2.75, 3.05) is 6.54 Å². The molecule has 178 valence electrons. The van der Waals surface area contributed by atoms with Gasteiger partial charge in [0.25, 0.3) is 11.6 Å². The molecule has 9 nitrogen and oxygen atoms in total. The number of sulfonamides is 1. The molecular formula is C23H24N4O5S2. The number of aromatic nitrogens is 1. The molecule has 2 heterocycles. The molecule has 1 aliphatic rings. The highest BCUT2D eigenvalue weighted by Gasteiger charge is 2.30. The van der Waals surface area contributed by atoms with Crippen LogP contribution in [0.5, 0.6) is 0 Å². The third-order valence-electron chi connectivity index (χ3n) is 5.84. The Morgan fingerprint density at radius 2 is 2.00 bits per heavy atom. The zero-order valence-electron chi connectivity index (χ0n) is 18.6. The molecule has 0 spiro atoms. The van der Waals surface area contributed by atoms with Gasteiger partial charge in [0.15, 0.2) is 4.80 Å². The summed E-state index contributed by atoms with van der Waals surface area (Å²) in [6.07, 6.45) is 4.30. The van der Waals surface area contributed by atoms with Crippen LogP contribution in [0.2, 0.25) is 0 Å². The van der Waals surface area contributed by atoms with E-state index in [1.54, 1.807) is 16.7 Å². The lowest BCUT2D eigenvalue weighted by Crippen LogP contribution is -2.41. The average Bonchev–Trinajstić information content (AvgIpc) is 3.15. The zero-order valence-corrected chi connectivity index (χ0v) is 20.2. The van der Waals surface area contributed by atoms with Crippen molar-refractivity contribution in [3.05, 3.63) is 75.6 Å². The first-order chi connectivity index (χ1) is 16.2. The number of carbonyl (C=O) groups is 1. The lowest BCUT2D eigenvalue weighted by Gasteiger charge is -2.32. The van der Waals surface area contributed by atoms with Gasteiger partial charge in [0.2, 0.25) is 10.0 Å². The fraction of sp³-hybridized carbons (Fsp3) is 0.304. The predicted molar refractivity (Wildman–Crippen MR) is 130 cm³/mol. The molecule has 1 atom stereocenters. The summed E-state index contributed by atoms with van der Waals surface area (Å²) in [6.45, 7) is 6.44. The minimum absolute atomic E-state index is 0.0548. The maximum Gasteiger partial charge on any atom is 0.279 e. The third-order valence-corrected chi connectivity index (χ3v) is 8.92. The monoisotopic (exact) mass is 500 g/mol. The van der Waals surface area contributed by atoms with Gasteiger partial charge in [-0.2, -0.15) is 9.30 Å². The first-order valence-corrected chi connectivity index (χ1v) is 13.1. The zero-order chi connectivity index (χ0) is 24.5. The van der Waals surface area contributed by atoms with E-state index >= 15 is 0 Å². The van der Waals surface area contributed by atoms with Crippen molar-refractivity contribution < 1.29 is 18.1 Å². The highest BCUT2D eigenvalue weighted by molar-refractivity contribution is 7.89. The molecule has 34 heavy (non-hydrogen) atoms. The first-order valence-electron chi connectivity index (χ1n) is 10.8. The van der Waals surface area contributed by atoms with Gasteiger partial charge < -0.3 is 4.57 Å². The number of allylic oxidation sites excluding steroid dienone is 1. The maximum atomic E-state index is 13.0. The number of thiazole rings is 1. The molecular weight excluding hydrogens is 476 g/mol. The van der Waals surface area contributed by atoms with Gasteiger partial charge >= 0.3 is 0 Å². The van der Waals surface area contributed by atoms with Crippen LogP contribution in [0.3, 0.4) is 0 Å². The van der Waals surface area contributed by atoms with E-state index in [4.69, 9.17) is 0 Å². The molecule has 1 saturated heterocycles. The second-order valence-electron chi connectivity index (χ2n) is 8.09. The predicted octanol–water partition coefficient (Wildman–Crippen LogP) is 4.10. The Morgan fingerprint density at radius 1 is 1.26 bits per heavy atom. The van der Waals surface area contributed by atoms with Crippen molar-refractivity contribution in [2.24, 2.45) is 4.99 Å². The number of benzene rings is 2. The number of hydrogen-bond donors (Lipinski definition) is 0. The Bertz CT molecular complexity index is 1440. The summed E-state index contributed by atoms with van der Waals surface area (Å²) in [4.78, 5) is 28.3. The van der Waals surface area contributed by atoms with Crippen molar-refractivity contribution in [1.82, 2.24) is 8.87 Å². The Kier molecular flexibility index (Phi) is 6.78. The molecule has 1 amide bonds. The van der Waals surface area contributed by atoms with E-state index in [-0.39, 0.29) is 22.2 Å². The molecule has 0 aliphatic carbocycles. The van der Waals surface area contributed by atoms with Crippen molar-refractivity contribution in [3.8, 4) is 0 Å². The van der Waals surface area contributed by atoms with Crippen LogP contribution in [0.1, 0.15) is 36.5 Å². The normalized spacial score (nSPS) is 17.7. The number of nitrogens with zero attached hydrogens (tertiary/aromatic N) is 4. The number of non-ortho nitro benzene ring substituents is 1.